The number of nitrogens with two attached hydrogens (primary N) is 1. The number of hydrogen-bond acceptors (Lipinski definition) is 5. The standard InChI is InChI=1S/C12H19ClN2O3S2.ClH/c1-3-15(8-9-4-5-11(13)19-9)12(16)10(14)6-7-20(2,17)18;/h4-5,10H,3,6-8,14H2,1-2H3;1H. The van der Waals surface area contributed by atoms with Gasteiger partial charge in [-0.2, -0.15) is 0 Å². The molecule has 0 radical (unpaired) electrons. The van der Waals surface area contributed by atoms with Crippen molar-refractivity contribution in [2.24, 2.45) is 5.73 Å². The maximum atomic E-state index is 12.2. The summed E-state index contributed by atoms with van der Waals surface area (Å²) in [6, 6.07) is 2.86. The van der Waals surface area contributed by atoms with Crippen LogP contribution in [0, 0.1) is 0 Å². The lowest BCUT2D eigenvalue weighted by molar-refractivity contribution is -0.133. The number of sulfone groups is 1. The van der Waals surface area contributed by atoms with Crippen molar-refractivity contribution in [3.8, 4) is 0 Å². The molecule has 0 saturated heterocycles. The van der Waals surface area contributed by atoms with Gasteiger partial charge in [0.25, 0.3) is 0 Å². The summed E-state index contributed by atoms with van der Waals surface area (Å²) in [5.41, 5.74) is 5.78. The fraction of sp³-hybridized carbons (Fsp3) is 0.583. The third-order valence-electron chi connectivity index (χ3n) is 2.79. The molecule has 5 nitrogen and oxygen atoms in total. The Morgan fingerprint density at radius 3 is 2.52 bits per heavy atom. The highest BCUT2D eigenvalue weighted by atomic mass is 35.5. The van der Waals surface area contributed by atoms with Gasteiger partial charge in [-0.05, 0) is 25.5 Å². The minimum absolute atomic E-state index is 0. The Kier molecular flexibility index (Phi) is 8.80. The SMILES string of the molecule is CCN(Cc1ccc(Cl)s1)C(=O)C(N)CCS(C)(=O)=O.Cl. The molecule has 1 aromatic rings. The Bertz CT molecular complexity index is 561. The number of amides is 1. The van der Waals surface area contributed by atoms with Gasteiger partial charge in [0.1, 0.15) is 9.84 Å². The van der Waals surface area contributed by atoms with E-state index in [4.69, 9.17) is 17.3 Å². The van der Waals surface area contributed by atoms with E-state index in [0.29, 0.717) is 17.4 Å². The van der Waals surface area contributed by atoms with E-state index in [-0.39, 0.29) is 30.5 Å². The predicted octanol–water partition coefficient (Wildman–Crippen LogP) is 1.93. The first-order valence-corrected chi connectivity index (χ1v) is 9.44. The fourth-order valence-electron chi connectivity index (χ4n) is 1.67. The highest BCUT2D eigenvalue weighted by molar-refractivity contribution is 7.90. The van der Waals surface area contributed by atoms with Crippen molar-refractivity contribution in [2.75, 3.05) is 18.6 Å². The number of thiophene rings is 1. The van der Waals surface area contributed by atoms with E-state index < -0.39 is 15.9 Å². The van der Waals surface area contributed by atoms with Crippen molar-refractivity contribution in [1.29, 1.82) is 0 Å². The van der Waals surface area contributed by atoms with Crippen LogP contribution in [0.4, 0.5) is 0 Å². The number of rotatable bonds is 7. The Morgan fingerprint density at radius 1 is 1.48 bits per heavy atom. The van der Waals surface area contributed by atoms with E-state index in [1.54, 1.807) is 11.0 Å². The van der Waals surface area contributed by atoms with Gasteiger partial charge in [0, 0.05) is 17.7 Å². The van der Waals surface area contributed by atoms with E-state index in [9.17, 15) is 13.2 Å². The van der Waals surface area contributed by atoms with Gasteiger partial charge in [-0.1, -0.05) is 11.6 Å². The van der Waals surface area contributed by atoms with E-state index in [0.717, 1.165) is 11.1 Å². The molecular weight excluding hydrogens is 355 g/mol. The van der Waals surface area contributed by atoms with E-state index in [2.05, 4.69) is 0 Å². The number of likely N-dealkylation sites (N-methyl/N-ethyl adjacent to an activating group) is 1. The van der Waals surface area contributed by atoms with Crippen molar-refractivity contribution in [2.45, 2.75) is 25.9 Å². The second-order valence-electron chi connectivity index (χ2n) is 4.58. The van der Waals surface area contributed by atoms with Gasteiger partial charge < -0.3 is 10.6 Å². The largest absolute Gasteiger partial charge is 0.336 e. The van der Waals surface area contributed by atoms with Crippen molar-refractivity contribution in [3.05, 3.63) is 21.3 Å². The molecule has 1 aromatic heterocycles. The Labute approximate surface area is 140 Å². The molecule has 9 heteroatoms. The van der Waals surface area contributed by atoms with Crippen LogP contribution in [0.5, 0.6) is 0 Å². The van der Waals surface area contributed by atoms with Gasteiger partial charge in [-0.3, -0.25) is 4.79 Å². The summed E-state index contributed by atoms with van der Waals surface area (Å²) in [6.45, 7) is 2.82. The maximum Gasteiger partial charge on any atom is 0.239 e. The Hall–Kier alpha value is -0.340. The number of halogens is 2. The Balaban J connectivity index is 0.00000400. The van der Waals surface area contributed by atoms with Crippen molar-refractivity contribution in [1.82, 2.24) is 4.90 Å². The van der Waals surface area contributed by atoms with Crippen LogP contribution in [0.2, 0.25) is 4.34 Å². The molecule has 0 aliphatic carbocycles. The third-order valence-corrected chi connectivity index (χ3v) is 4.98. The molecule has 0 aromatic carbocycles. The second-order valence-corrected chi connectivity index (χ2v) is 8.64. The molecule has 0 bridgehead atoms. The number of carbonyl (C=O) groups is 1. The maximum absolute atomic E-state index is 12.2. The van der Waals surface area contributed by atoms with Crippen LogP contribution in [-0.4, -0.2) is 43.8 Å². The summed E-state index contributed by atoms with van der Waals surface area (Å²) in [7, 11) is -3.11. The summed E-state index contributed by atoms with van der Waals surface area (Å²) in [6.07, 6.45) is 1.27. The van der Waals surface area contributed by atoms with Gasteiger partial charge in [0.15, 0.2) is 0 Å². The monoisotopic (exact) mass is 374 g/mol. The highest BCUT2D eigenvalue weighted by Crippen LogP contribution is 2.22. The van der Waals surface area contributed by atoms with Crippen LogP contribution < -0.4 is 5.73 Å². The minimum atomic E-state index is -3.11. The summed E-state index contributed by atoms with van der Waals surface area (Å²) in [4.78, 5) is 14.8. The zero-order chi connectivity index (χ0) is 15.3. The molecule has 1 atom stereocenters. The van der Waals surface area contributed by atoms with Gasteiger partial charge in [0.05, 0.1) is 22.7 Å². The van der Waals surface area contributed by atoms with Crippen molar-refractivity contribution < 1.29 is 13.2 Å². The molecule has 0 spiro atoms. The van der Waals surface area contributed by atoms with Crippen LogP contribution in [0.3, 0.4) is 0 Å². The van der Waals surface area contributed by atoms with E-state index in [1.165, 1.54) is 11.3 Å². The zero-order valence-corrected chi connectivity index (χ0v) is 15.1. The minimum Gasteiger partial charge on any atom is -0.336 e. The van der Waals surface area contributed by atoms with Gasteiger partial charge in [-0.15, -0.1) is 23.7 Å². The normalized spacial score (nSPS) is 12.6. The average Bonchev–Trinajstić information content (AvgIpc) is 2.77. The molecule has 1 heterocycles. The highest BCUT2D eigenvalue weighted by Gasteiger charge is 2.21. The average molecular weight is 375 g/mol. The molecule has 0 aliphatic heterocycles. The first-order valence-electron chi connectivity index (χ1n) is 6.19. The van der Waals surface area contributed by atoms with Gasteiger partial charge in [0.2, 0.25) is 5.91 Å². The summed E-state index contributed by atoms with van der Waals surface area (Å²) < 4.78 is 22.9. The summed E-state index contributed by atoms with van der Waals surface area (Å²) in [5, 5.41) is 0. The lowest BCUT2D eigenvalue weighted by Crippen LogP contribution is -2.44. The second kappa shape index (κ2) is 8.95. The van der Waals surface area contributed by atoms with Crippen molar-refractivity contribution in [3.63, 3.8) is 0 Å². The molecule has 1 unspecified atom stereocenters. The molecule has 0 aliphatic rings. The lowest BCUT2D eigenvalue weighted by atomic mass is 10.2. The summed E-state index contributed by atoms with van der Waals surface area (Å²) in [5.74, 6) is -0.317. The lowest BCUT2D eigenvalue weighted by Gasteiger charge is -2.23. The Morgan fingerprint density at radius 2 is 2.10 bits per heavy atom. The molecule has 0 saturated carbocycles. The van der Waals surface area contributed by atoms with Crippen LogP contribution in [0.25, 0.3) is 0 Å². The molecule has 2 N–H and O–H groups in total. The molecule has 1 amide bonds. The first kappa shape index (κ1) is 20.7. The first-order chi connectivity index (χ1) is 9.23. The number of nitrogens with zero attached hydrogens (tertiary/aromatic N) is 1. The topological polar surface area (TPSA) is 80.5 Å². The summed E-state index contributed by atoms with van der Waals surface area (Å²) >= 11 is 7.27. The molecule has 21 heavy (non-hydrogen) atoms. The third kappa shape index (κ3) is 7.46. The van der Waals surface area contributed by atoms with Crippen LogP contribution in [-0.2, 0) is 21.2 Å². The molecular formula is C12H20Cl2N2O3S2. The number of carbonyl (C=O) groups excluding carboxylic acids is 1. The van der Waals surface area contributed by atoms with E-state index in [1.807, 2.05) is 13.0 Å². The van der Waals surface area contributed by atoms with Gasteiger partial charge >= 0.3 is 0 Å². The molecule has 0 fully saturated rings. The quantitative estimate of drug-likeness (QED) is 0.790. The van der Waals surface area contributed by atoms with Crippen LogP contribution in [0.1, 0.15) is 18.2 Å². The van der Waals surface area contributed by atoms with E-state index >= 15 is 0 Å². The van der Waals surface area contributed by atoms with Crippen molar-refractivity contribution >= 4 is 51.1 Å². The van der Waals surface area contributed by atoms with Crippen LogP contribution >= 0.6 is 35.3 Å². The molecule has 1 rings (SSSR count). The predicted molar refractivity (Wildman–Crippen MR) is 90.0 cm³/mol. The molecule has 122 valence electrons. The fourth-order valence-corrected chi connectivity index (χ4v) is 3.45. The zero-order valence-electron chi connectivity index (χ0n) is 11.9. The smallest absolute Gasteiger partial charge is 0.239 e. The number of hydrogen-bond donors (Lipinski definition) is 1. The van der Waals surface area contributed by atoms with Crippen LogP contribution in [0.15, 0.2) is 12.1 Å². The van der Waals surface area contributed by atoms with Gasteiger partial charge in [-0.25, -0.2) is 8.42 Å².